The molecule has 12 rings (SSSR count). The molecule has 11 aromatic rings. The summed E-state index contributed by atoms with van der Waals surface area (Å²) >= 11 is 0. The van der Waals surface area contributed by atoms with Crippen molar-refractivity contribution in [1.29, 1.82) is 0 Å². The van der Waals surface area contributed by atoms with Crippen LogP contribution in [-0.4, -0.2) is 19.1 Å². The van der Waals surface area contributed by atoms with Crippen molar-refractivity contribution >= 4 is 82.3 Å². The topological polar surface area (TPSA) is 38.9 Å². The van der Waals surface area contributed by atoms with E-state index in [1.807, 2.05) is 0 Å². The predicted octanol–water partition coefficient (Wildman–Crippen LogP) is 12.4. The molecule has 0 unspecified atom stereocenters. The molecule has 0 atom stereocenters. The van der Waals surface area contributed by atoms with Crippen LogP contribution in [0.4, 0.5) is 17.1 Å². The third-order valence-electron chi connectivity index (χ3n) is 11.0. The van der Waals surface area contributed by atoms with Gasteiger partial charge in [-0.2, -0.15) is 0 Å². The van der Waals surface area contributed by atoms with Crippen LogP contribution >= 0.6 is 0 Å². The number of anilines is 3. The summed E-state index contributed by atoms with van der Waals surface area (Å²) in [6.45, 7) is 0. The molecule has 1 aliphatic rings. The largest absolute Gasteiger partial charge is 0.309 e. The molecule has 4 heterocycles. The van der Waals surface area contributed by atoms with Gasteiger partial charge in [-0.3, -0.25) is 4.57 Å². The third-order valence-corrected chi connectivity index (χ3v) is 11.0. The molecule has 53 heavy (non-hydrogen) atoms. The van der Waals surface area contributed by atoms with Crippen molar-refractivity contribution in [3.8, 4) is 22.9 Å². The van der Waals surface area contributed by atoms with Gasteiger partial charge < -0.3 is 9.47 Å². The lowest BCUT2D eigenvalue weighted by Gasteiger charge is -2.32. The molecule has 0 N–H and O–H groups in total. The van der Waals surface area contributed by atoms with Gasteiger partial charge in [0.1, 0.15) is 0 Å². The van der Waals surface area contributed by atoms with Crippen LogP contribution in [0.3, 0.4) is 0 Å². The predicted molar refractivity (Wildman–Crippen MR) is 219 cm³/mol. The standard InChI is InChI=1S/C48H29N5/c1-2-15-32(16-3-1)51-41-23-11-8-19-37(41)46-45-38(20-12-24-42(45)51)49-48(50-46)53-39-21-9-6-17-34(39)35-27-28-43-44(47(35)53)36-18-7-10-22-40(36)52(43)33-26-25-30-13-4-5-14-31(30)29-33/h1-29H. The molecule has 1 aliphatic heterocycles. The highest BCUT2D eigenvalue weighted by atomic mass is 15.2. The smallest absolute Gasteiger partial charge is 0.235 e. The highest BCUT2D eigenvalue weighted by molar-refractivity contribution is 6.26. The van der Waals surface area contributed by atoms with Gasteiger partial charge in [0.25, 0.3) is 0 Å². The van der Waals surface area contributed by atoms with Gasteiger partial charge in [0.15, 0.2) is 0 Å². The van der Waals surface area contributed by atoms with Gasteiger partial charge in [0.2, 0.25) is 5.95 Å². The summed E-state index contributed by atoms with van der Waals surface area (Å²) in [5.41, 5.74) is 11.9. The second-order valence-corrected chi connectivity index (χ2v) is 13.8. The first-order valence-corrected chi connectivity index (χ1v) is 18.0. The average molecular weight is 676 g/mol. The van der Waals surface area contributed by atoms with E-state index in [0.29, 0.717) is 5.95 Å². The van der Waals surface area contributed by atoms with E-state index in [-0.39, 0.29) is 0 Å². The second-order valence-electron chi connectivity index (χ2n) is 13.8. The van der Waals surface area contributed by atoms with Crippen molar-refractivity contribution in [2.75, 3.05) is 4.90 Å². The van der Waals surface area contributed by atoms with Gasteiger partial charge in [-0.05, 0) is 71.4 Å². The van der Waals surface area contributed by atoms with Crippen LogP contribution in [0.1, 0.15) is 0 Å². The van der Waals surface area contributed by atoms with Crippen molar-refractivity contribution in [2.45, 2.75) is 0 Å². The molecule has 0 saturated carbocycles. The Labute approximate surface area is 304 Å². The van der Waals surface area contributed by atoms with Gasteiger partial charge in [0.05, 0.1) is 50.0 Å². The lowest BCUT2D eigenvalue weighted by atomic mass is 9.96. The number of hydrogen-bond acceptors (Lipinski definition) is 3. The molecule has 0 aliphatic carbocycles. The Morgan fingerprint density at radius 2 is 1.11 bits per heavy atom. The van der Waals surface area contributed by atoms with E-state index >= 15 is 0 Å². The Morgan fingerprint density at radius 3 is 2.00 bits per heavy atom. The first-order chi connectivity index (χ1) is 26.3. The minimum Gasteiger partial charge on any atom is -0.309 e. The zero-order valence-corrected chi connectivity index (χ0v) is 28.5. The number of para-hydroxylation sites is 4. The Morgan fingerprint density at radius 1 is 0.396 bits per heavy atom. The first kappa shape index (κ1) is 28.5. The van der Waals surface area contributed by atoms with Crippen LogP contribution in [-0.2, 0) is 0 Å². The van der Waals surface area contributed by atoms with E-state index in [9.17, 15) is 0 Å². The fourth-order valence-corrected chi connectivity index (χ4v) is 8.80. The lowest BCUT2D eigenvalue weighted by molar-refractivity contribution is 1.01. The monoisotopic (exact) mass is 675 g/mol. The van der Waals surface area contributed by atoms with Gasteiger partial charge in [0, 0.05) is 38.5 Å². The van der Waals surface area contributed by atoms with Gasteiger partial charge >= 0.3 is 0 Å². The summed E-state index contributed by atoms with van der Waals surface area (Å²) in [4.78, 5) is 13.3. The number of benzene rings is 8. The quantitative estimate of drug-likeness (QED) is 0.187. The van der Waals surface area contributed by atoms with Gasteiger partial charge in [-0.1, -0.05) is 115 Å². The molecule has 0 fully saturated rings. The normalized spacial score (nSPS) is 12.5. The molecule has 5 nitrogen and oxygen atoms in total. The van der Waals surface area contributed by atoms with Crippen LogP contribution in [0.15, 0.2) is 176 Å². The van der Waals surface area contributed by atoms with Crippen LogP contribution in [0.5, 0.6) is 0 Å². The summed E-state index contributed by atoms with van der Waals surface area (Å²) in [6, 6.07) is 62.9. The molecule has 246 valence electrons. The van der Waals surface area contributed by atoms with E-state index in [0.717, 1.165) is 67.0 Å². The minimum atomic E-state index is 0.661. The van der Waals surface area contributed by atoms with Crippen molar-refractivity contribution in [2.24, 2.45) is 0 Å². The lowest BCUT2D eigenvalue weighted by Crippen LogP contribution is -2.16. The first-order valence-electron chi connectivity index (χ1n) is 18.0. The molecular weight excluding hydrogens is 647 g/mol. The molecule has 5 heteroatoms. The Hall–Kier alpha value is -7.24. The highest BCUT2D eigenvalue weighted by Gasteiger charge is 2.29. The van der Waals surface area contributed by atoms with E-state index in [1.54, 1.807) is 0 Å². The Bertz CT molecular complexity index is 3300. The van der Waals surface area contributed by atoms with E-state index < -0.39 is 0 Å². The van der Waals surface area contributed by atoms with Gasteiger partial charge in [-0.15, -0.1) is 0 Å². The average Bonchev–Trinajstić information content (AvgIpc) is 3.74. The summed E-state index contributed by atoms with van der Waals surface area (Å²) in [5, 5.41) is 8.23. The Kier molecular flexibility index (Phi) is 5.71. The second kappa shape index (κ2) is 10.6. The fourth-order valence-electron chi connectivity index (χ4n) is 8.80. The van der Waals surface area contributed by atoms with Crippen molar-refractivity contribution < 1.29 is 0 Å². The van der Waals surface area contributed by atoms with E-state index in [4.69, 9.17) is 9.97 Å². The van der Waals surface area contributed by atoms with E-state index in [1.165, 1.54) is 32.3 Å². The number of fused-ring (bicyclic) bond motifs is 10. The van der Waals surface area contributed by atoms with Crippen LogP contribution in [0, 0.1) is 0 Å². The minimum absolute atomic E-state index is 0.661. The summed E-state index contributed by atoms with van der Waals surface area (Å²) in [6.07, 6.45) is 0. The molecule has 0 amide bonds. The molecular formula is C48H29N5. The summed E-state index contributed by atoms with van der Waals surface area (Å²) in [5.74, 6) is 0.661. The van der Waals surface area contributed by atoms with Crippen molar-refractivity contribution in [1.82, 2.24) is 19.1 Å². The maximum absolute atomic E-state index is 5.55. The molecule has 3 aromatic heterocycles. The fraction of sp³-hybridized carbons (Fsp3) is 0. The molecule has 0 saturated heterocycles. The number of hydrogen-bond donors (Lipinski definition) is 0. The maximum atomic E-state index is 5.55. The van der Waals surface area contributed by atoms with Crippen LogP contribution < -0.4 is 4.90 Å². The number of nitrogens with zero attached hydrogens (tertiary/aromatic N) is 5. The Balaban J connectivity index is 1.20. The van der Waals surface area contributed by atoms with Gasteiger partial charge in [-0.25, -0.2) is 9.97 Å². The van der Waals surface area contributed by atoms with Crippen LogP contribution in [0.2, 0.25) is 0 Å². The molecule has 0 bridgehead atoms. The molecule has 0 radical (unpaired) electrons. The maximum Gasteiger partial charge on any atom is 0.235 e. The zero-order valence-electron chi connectivity index (χ0n) is 28.5. The third kappa shape index (κ3) is 3.91. The molecule has 8 aromatic carbocycles. The van der Waals surface area contributed by atoms with Crippen molar-refractivity contribution in [3.63, 3.8) is 0 Å². The zero-order chi connectivity index (χ0) is 34.6. The number of aromatic nitrogens is 4. The molecule has 0 spiro atoms. The SMILES string of the molecule is c1ccc(N2c3ccccc3-c3nc(-n4c5ccccc5c5ccc6c(c7ccccc7n6-c6ccc7ccccc7c6)c54)nc4cccc2c34)cc1. The van der Waals surface area contributed by atoms with Crippen LogP contribution in [0.25, 0.3) is 88.2 Å². The summed E-state index contributed by atoms with van der Waals surface area (Å²) < 4.78 is 4.71. The summed E-state index contributed by atoms with van der Waals surface area (Å²) in [7, 11) is 0. The van der Waals surface area contributed by atoms with E-state index in [2.05, 4.69) is 190 Å². The number of rotatable bonds is 3. The highest BCUT2D eigenvalue weighted by Crippen LogP contribution is 2.50. The van der Waals surface area contributed by atoms with Crippen molar-refractivity contribution in [3.05, 3.63) is 176 Å².